The first-order chi connectivity index (χ1) is 17.0. The summed E-state index contributed by atoms with van der Waals surface area (Å²) in [4.78, 5) is 31.3. The fourth-order valence-electron chi connectivity index (χ4n) is 5.00. The standard InChI is InChI=1S/C25H28F2N8O/c1-15-10-34(23(36)25(5,11-26)12-29)16(2)9-33(15)21-20-22(32-14-31-21)35(13-24(20,3)4)19-6-17(7-28)30-8-18(19)27/h6,8,14-16H,9-11,13H2,1-5H3/t15-,16+,25?/m0/s1. The van der Waals surface area contributed by atoms with E-state index in [2.05, 4.69) is 19.9 Å². The molecule has 3 atom stereocenters. The van der Waals surface area contributed by atoms with Crippen molar-refractivity contribution in [3.8, 4) is 12.1 Å². The van der Waals surface area contributed by atoms with E-state index in [0.29, 0.717) is 31.3 Å². The van der Waals surface area contributed by atoms with Crippen molar-refractivity contribution in [2.45, 2.75) is 52.1 Å². The van der Waals surface area contributed by atoms with Crippen LogP contribution in [0.2, 0.25) is 0 Å². The molecule has 0 saturated carbocycles. The van der Waals surface area contributed by atoms with Gasteiger partial charge in [-0.05, 0) is 20.8 Å². The first-order valence-corrected chi connectivity index (χ1v) is 11.7. The summed E-state index contributed by atoms with van der Waals surface area (Å²) in [7, 11) is 0. The zero-order valence-electron chi connectivity index (χ0n) is 21.0. The van der Waals surface area contributed by atoms with Crippen molar-refractivity contribution in [2.24, 2.45) is 5.41 Å². The van der Waals surface area contributed by atoms with Gasteiger partial charge in [0, 0.05) is 48.8 Å². The van der Waals surface area contributed by atoms with E-state index in [9.17, 15) is 24.1 Å². The lowest BCUT2D eigenvalue weighted by Crippen LogP contribution is -2.61. The Kier molecular flexibility index (Phi) is 6.29. The van der Waals surface area contributed by atoms with E-state index in [0.717, 1.165) is 11.8 Å². The second-order valence-electron chi connectivity index (χ2n) is 10.4. The smallest absolute Gasteiger partial charge is 0.245 e. The van der Waals surface area contributed by atoms with Gasteiger partial charge in [-0.25, -0.2) is 23.7 Å². The molecule has 0 aliphatic carbocycles. The van der Waals surface area contributed by atoms with E-state index >= 15 is 0 Å². The lowest BCUT2D eigenvalue weighted by Gasteiger charge is -2.46. The Bertz CT molecular complexity index is 1290. The van der Waals surface area contributed by atoms with Gasteiger partial charge in [0.1, 0.15) is 36.4 Å². The molecule has 1 saturated heterocycles. The van der Waals surface area contributed by atoms with E-state index in [1.807, 2.05) is 39.8 Å². The van der Waals surface area contributed by atoms with Crippen molar-refractivity contribution in [1.29, 1.82) is 10.5 Å². The number of nitrogens with zero attached hydrogens (tertiary/aromatic N) is 8. The van der Waals surface area contributed by atoms with Crippen LogP contribution in [0.3, 0.4) is 0 Å². The van der Waals surface area contributed by atoms with Gasteiger partial charge >= 0.3 is 0 Å². The number of alkyl halides is 1. The fourth-order valence-corrected chi connectivity index (χ4v) is 5.00. The van der Waals surface area contributed by atoms with Gasteiger partial charge in [-0.2, -0.15) is 10.5 Å². The van der Waals surface area contributed by atoms with Gasteiger partial charge in [0.15, 0.2) is 11.2 Å². The molecule has 2 aliphatic rings. The maximum absolute atomic E-state index is 14.8. The molecule has 4 heterocycles. The van der Waals surface area contributed by atoms with Crippen LogP contribution in [-0.2, 0) is 10.2 Å². The Morgan fingerprint density at radius 3 is 2.53 bits per heavy atom. The van der Waals surface area contributed by atoms with Gasteiger partial charge in [-0.3, -0.25) is 4.79 Å². The third-order valence-corrected chi connectivity index (χ3v) is 7.04. The van der Waals surface area contributed by atoms with Crippen LogP contribution < -0.4 is 9.80 Å². The van der Waals surface area contributed by atoms with Crippen LogP contribution in [0.15, 0.2) is 18.6 Å². The molecule has 188 valence electrons. The van der Waals surface area contributed by atoms with Crippen LogP contribution in [0.5, 0.6) is 0 Å². The Balaban J connectivity index is 1.72. The largest absolute Gasteiger partial charge is 0.350 e. The molecule has 0 aromatic carbocycles. The van der Waals surface area contributed by atoms with Gasteiger partial charge in [-0.1, -0.05) is 13.8 Å². The minimum atomic E-state index is -1.72. The quantitative estimate of drug-likeness (QED) is 0.637. The summed E-state index contributed by atoms with van der Waals surface area (Å²) >= 11 is 0. The van der Waals surface area contributed by atoms with E-state index < -0.39 is 29.2 Å². The molecule has 1 amide bonds. The minimum Gasteiger partial charge on any atom is -0.350 e. The number of amides is 1. The number of hydrogen-bond donors (Lipinski definition) is 0. The highest BCUT2D eigenvalue weighted by Gasteiger charge is 2.46. The summed E-state index contributed by atoms with van der Waals surface area (Å²) in [5.41, 5.74) is -1.02. The highest BCUT2D eigenvalue weighted by Crippen LogP contribution is 2.47. The maximum Gasteiger partial charge on any atom is 0.245 e. The Labute approximate surface area is 209 Å². The molecule has 2 aromatic heterocycles. The molecular weight excluding hydrogens is 466 g/mol. The van der Waals surface area contributed by atoms with E-state index in [1.165, 1.54) is 19.3 Å². The topological polar surface area (TPSA) is 113 Å². The summed E-state index contributed by atoms with van der Waals surface area (Å²) < 4.78 is 28.3. The molecule has 1 unspecified atom stereocenters. The van der Waals surface area contributed by atoms with E-state index in [4.69, 9.17) is 0 Å². The van der Waals surface area contributed by atoms with Gasteiger partial charge in [0.25, 0.3) is 0 Å². The first-order valence-electron chi connectivity index (χ1n) is 11.7. The van der Waals surface area contributed by atoms with Crippen molar-refractivity contribution < 1.29 is 13.6 Å². The lowest BCUT2D eigenvalue weighted by molar-refractivity contribution is -0.142. The second-order valence-corrected chi connectivity index (χ2v) is 10.4. The van der Waals surface area contributed by atoms with Crippen molar-refractivity contribution in [2.75, 3.05) is 36.1 Å². The normalized spacial score (nSPS) is 22.4. The summed E-state index contributed by atoms with van der Waals surface area (Å²) in [5.74, 6) is 0.155. The molecule has 2 aromatic rings. The molecule has 0 bridgehead atoms. The molecule has 0 radical (unpaired) electrons. The van der Waals surface area contributed by atoms with Crippen LogP contribution in [0.4, 0.5) is 26.1 Å². The van der Waals surface area contributed by atoms with Crippen LogP contribution in [0.1, 0.15) is 45.9 Å². The SMILES string of the molecule is C[C@@H]1CN(c2ncnc3c2C(C)(C)CN3c2cc(C#N)ncc2F)[C@@H](C)CN1C(=O)C(C)(C#N)CF. The number of pyridine rings is 1. The summed E-state index contributed by atoms with van der Waals surface area (Å²) in [6.07, 6.45) is 2.46. The van der Waals surface area contributed by atoms with Gasteiger partial charge in [-0.15, -0.1) is 0 Å². The summed E-state index contributed by atoms with van der Waals surface area (Å²) in [5, 5.41) is 18.6. The molecule has 0 N–H and O–H groups in total. The molecule has 1 fully saturated rings. The average molecular weight is 495 g/mol. The Morgan fingerprint density at radius 1 is 1.19 bits per heavy atom. The molecule has 36 heavy (non-hydrogen) atoms. The minimum absolute atomic E-state index is 0.104. The number of aromatic nitrogens is 3. The van der Waals surface area contributed by atoms with Gasteiger partial charge in [0.2, 0.25) is 5.91 Å². The monoisotopic (exact) mass is 494 g/mol. The number of nitriles is 2. The highest BCUT2D eigenvalue weighted by atomic mass is 19.1. The van der Waals surface area contributed by atoms with E-state index in [1.54, 1.807) is 9.80 Å². The average Bonchev–Trinajstić information content (AvgIpc) is 3.15. The van der Waals surface area contributed by atoms with Crippen LogP contribution in [0, 0.1) is 33.9 Å². The number of halogens is 2. The third-order valence-electron chi connectivity index (χ3n) is 7.04. The molecule has 0 spiro atoms. The first kappa shape index (κ1) is 25.2. The lowest BCUT2D eigenvalue weighted by atomic mass is 9.87. The predicted molar refractivity (Wildman–Crippen MR) is 129 cm³/mol. The number of carbonyl (C=O) groups excluding carboxylic acids is 1. The van der Waals surface area contributed by atoms with Gasteiger partial charge in [0.05, 0.1) is 18.0 Å². The van der Waals surface area contributed by atoms with Crippen molar-refractivity contribution in [1.82, 2.24) is 19.9 Å². The molecule has 4 rings (SSSR count). The highest BCUT2D eigenvalue weighted by molar-refractivity contribution is 5.86. The summed E-state index contributed by atoms with van der Waals surface area (Å²) in [6.45, 7) is 9.26. The number of hydrogen-bond acceptors (Lipinski definition) is 8. The molecular formula is C25H28F2N8O. The number of fused-ring (bicyclic) bond motifs is 1. The van der Waals surface area contributed by atoms with Gasteiger partial charge < -0.3 is 14.7 Å². The number of anilines is 3. The van der Waals surface area contributed by atoms with Crippen LogP contribution in [-0.4, -0.2) is 64.2 Å². The zero-order valence-corrected chi connectivity index (χ0v) is 21.0. The van der Waals surface area contributed by atoms with Crippen LogP contribution >= 0.6 is 0 Å². The van der Waals surface area contributed by atoms with E-state index in [-0.39, 0.29) is 23.5 Å². The van der Waals surface area contributed by atoms with Crippen molar-refractivity contribution in [3.63, 3.8) is 0 Å². The molecule has 9 nitrogen and oxygen atoms in total. The van der Waals surface area contributed by atoms with Crippen molar-refractivity contribution >= 4 is 23.2 Å². The maximum atomic E-state index is 14.8. The fraction of sp³-hybridized carbons (Fsp3) is 0.520. The van der Waals surface area contributed by atoms with Crippen molar-refractivity contribution in [3.05, 3.63) is 35.7 Å². The Morgan fingerprint density at radius 2 is 1.89 bits per heavy atom. The van der Waals surface area contributed by atoms with Crippen LogP contribution in [0.25, 0.3) is 0 Å². The third kappa shape index (κ3) is 3.98. The zero-order chi connectivity index (χ0) is 26.4. The molecule has 2 aliphatic heterocycles. The predicted octanol–water partition coefficient (Wildman–Crippen LogP) is 3.24. The summed E-state index contributed by atoms with van der Waals surface area (Å²) in [6, 6.07) is 4.70. The number of carbonyl (C=O) groups is 1. The molecule has 11 heteroatoms. The number of piperazine rings is 1. The Hall–Kier alpha value is -3.86. The second kappa shape index (κ2) is 8.98. The number of rotatable bonds is 4.